The Bertz CT molecular complexity index is 836. The highest BCUT2D eigenvalue weighted by Gasteiger charge is 2.19. The Labute approximate surface area is 134 Å². The van der Waals surface area contributed by atoms with Gasteiger partial charge in [0.1, 0.15) is 6.07 Å². The summed E-state index contributed by atoms with van der Waals surface area (Å²) in [5.41, 5.74) is 1.49. The molecule has 0 fully saturated rings. The summed E-state index contributed by atoms with van der Waals surface area (Å²) in [5.74, 6) is 0. The van der Waals surface area contributed by atoms with Crippen LogP contribution >= 0.6 is 11.6 Å². The molecule has 0 radical (unpaired) electrons. The molecule has 6 heteroatoms. The SMILES string of the molecule is CS(=O)(=O)/C(C#N)=C(/Nc1ccc(Cl)cc1)c1ccccc1. The third-order valence-corrected chi connectivity index (χ3v) is 4.16. The monoisotopic (exact) mass is 332 g/mol. The van der Waals surface area contributed by atoms with Crippen molar-refractivity contribution in [1.82, 2.24) is 0 Å². The summed E-state index contributed by atoms with van der Waals surface area (Å²) in [5, 5.41) is 12.8. The maximum atomic E-state index is 11.9. The van der Waals surface area contributed by atoms with Gasteiger partial charge in [0.15, 0.2) is 14.7 Å². The Balaban J connectivity index is 2.59. The molecule has 0 spiro atoms. The minimum absolute atomic E-state index is 0.243. The topological polar surface area (TPSA) is 70.0 Å². The molecule has 0 aliphatic rings. The number of allylic oxidation sites excluding steroid dienone is 1. The third-order valence-electron chi connectivity index (χ3n) is 2.88. The van der Waals surface area contributed by atoms with Crippen molar-refractivity contribution in [2.24, 2.45) is 0 Å². The molecule has 0 aliphatic heterocycles. The summed E-state index contributed by atoms with van der Waals surface area (Å²) < 4.78 is 23.8. The number of nitrogens with one attached hydrogen (secondary N) is 1. The molecular formula is C16H13ClN2O2S. The lowest BCUT2D eigenvalue weighted by atomic mass is 10.1. The predicted molar refractivity (Wildman–Crippen MR) is 88.9 cm³/mol. The van der Waals surface area contributed by atoms with Crippen LogP contribution in [0.2, 0.25) is 5.02 Å². The van der Waals surface area contributed by atoms with Gasteiger partial charge in [0.2, 0.25) is 0 Å². The number of nitrogens with zero attached hydrogens (tertiary/aromatic N) is 1. The van der Waals surface area contributed by atoms with E-state index in [1.807, 2.05) is 6.07 Å². The fourth-order valence-electron chi connectivity index (χ4n) is 1.87. The highest BCUT2D eigenvalue weighted by Crippen LogP contribution is 2.25. The second kappa shape index (κ2) is 6.65. The van der Waals surface area contributed by atoms with Gasteiger partial charge in [0.25, 0.3) is 0 Å². The van der Waals surface area contributed by atoms with Gasteiger partial charge >= 0.3 is 0 Å². The molecule has 0 atom stereocenters. The van der Waals surface area contributed by atoms with Crippen LogP contribution in [0.4, 0.5) is 5.69 Å². The maximum absolute atomic E-state index is 11.9. The van der Waals surface area contributed by atoms with Crippen molar-refractivity contribution in [1.29, 1.82) is 5.26 Å². The van der Waals surface area contributed by atoms with E-state index in [1.54, 1.807) is 54.6 Å². The molecule has 0 bridgehead atoms. The molecule has 2 rings (SSSR count). The number of hydrogen-bond acceptors (Lipinski definition) is 4. The number of hydrogen-bond donors (Lipinski definition) is 1. The summed E-state index contributed by atoms with van der Waals surface area (Å²) in [4.78, 5) is -0.311. The quantitative estimate of drug-likeness (QED) is 0.867. The fourth-order valence-corrected chi connectivity index (χ4v) is 2.70. The van der Waals surface area contributed by atoms with Crippen molar-refractivity contribution in [3.63, 3.8) is 0 Å². The average molecular weight is 333 g/mol. The lowest BCUT2D eigenvalue weighted by Crippen LogP contribution is -2.09. The number of sulfone groups is 1. The van der Waals surface area contributed by atoms with Crippen LogP contribution in [0, 0.1) is 11.3 Å². The summed E-state index contributed by atoms with van der Waals surface area (Å²) in [6.45, 7) is 0. The maximum Gasteiger partial charge on any atom is 0.187 e. The summed E-state index contributed by atoms with van der Waals surface area (Å²) >= 11 is 5.84. The second-order valence-corrected chi connectivity index (χ2v) is 6.98. The minimum atomic E-state index is -3.66. The van der Waals surface area contributed by atoms with Gasteiger partial charge in [-0.1, -0.05) is 41.9 Å². The molecule has 4 nitrogen and oxygen atoms in total. The van der Waals surface area contributed by atoms with Crippen molar-refractivity contribution in [3.8, 4) is 6.07 Å². The predicted octanol–water partition coefficient (Wildman–Crippen LogP) is 3.69. The fraction of sp³-hybridized carbons (Fsp3) is 0.0625. The normalized spacial score (nSPS) is 12.2. The van der Waals surface area contributed by atoms with Crippen LogP contribution in [0.3, 0.4) is 0 Å². The van der Waals surface area contributed by atoms with Crippen molar-refractivity contribution in [2.75, 3.05) is 11.6 Å². The van der Waals surface area contributed by atoms with Gasteiger partial charge < -0.3 is 5.32 Å². The van der Waals surface area contributed by atoms with E-state index in [2.05, 4.69) is 5.32 Å². The zero-order valence-corrected chi connectivity index (χ0v) is 13.3. The average Bonchev–Trinajstić information content (AvgIpc) is 2.48. The van der Waals surface area contributed by atoms with Crippen LogP contribution in [-0.4, -0.2) is 14.7 Å². The Kier molecular flexibility index (Phi) is 4.86. The Hall–Kier alpha value is -2.29. The lowest BCUT2D eigenvalue weighted by molar-refractivity contribution is 0.608. The van der Waals surface area contributed by atoms with Crippen molar-refractivity contribution >= 4 is 32.8 Å². The summed E-state index contributed by atoms with van der Waals surface area (Å²) in [6.07, 6.45) is 1.01. The number of halogens is 1. The van der Waals surface area contributed by atoms with Crippen LogP contribution < -0.4 is 5.32 Å². The van der Waals surface area contributed by atoms with Gasteiger partial charge in [0, 0.05) is 22.5 Å². The van der Waals surface area contributed by atoms with Gasteiger partial charge in [0.05, 0.1) is 5.70 Å². The summed E-state index contributed by atoms with van der Waals surface area (Å²) in [6, 6.07) is 17.4. The molecule has 22 heavy (non-hydrogen) atoms. The van der Waals surface area contributed by atoms with Gasteiger partial charge in [-0.3, -0.25) is 0 Å². The van der Waals surface area contributed by atoms with Crippen molar-refractivity contribution < 1.29 is 8.42 Å². The van der Waals surface area contributed by atoms with E-state index in [9.17, 15) is 13.7 Å². The van der Waals surface area contributed by atoms with Crippen molar-refractivity contribution in [2.45, 2.75) is 0 Å². The first-order valence-corrected chi connectivity index (χ1v) is 8.61. The van der Waals surface area contributed by atoms with Crippen LogP contribution in [0.15, 0.2) is 59.5 Å². The van der Waals surface area contributed by atoms with Crippen LogP contribution in [0.5, 0.6) is 0 Å². The molecule has 0 aliphatic carbocycles. The van der Waals surface area contributed by atoms with E-state index in [-0.39, 0.29) is 10.6 Å². The summed E-state index contributed by atoms with van der Waals surface area (Å²) in [7, 11) is -3.66. The molecule has 2 aromatic rings. The van der Waals surface area contributed by atoms with Crippen LogP contribution in [0.1, 0.15) is 5.56 Å². The lowest BCUT2D eigenvalue weighted by Gasteiger charge is -2.13. The largest absolute Gasteiger partial charge is 0.353 e. The molecule has 1 N–H and O–H groups in total. The first-order valence-electron chi connectivity index (χ1n) is 6.34. The van der Waals surface area contributed by atoms with E-state index >= 15 is 0 Å². The molecule has 0 aromatic heterocycles. The standard InChI is InChI=1S/C16H13ClN2O2S/c1-22(20,21)15(11-18)16(12-5-3-2-4-6-12)19-14-9-7-13(17)8-10-14/h2-10,19H,1H3/b16-15+. The smallest absolute Gasteiger partial charge is 0.187 e. The zero-order valence-electron chi connectivity index (χ0n) is 11.7. The highest BCUT2D eigenvalue weighted by molar-refractivity contribution is 7.95. The van der Waals surface area contributed by atoms with Crippen LogP contribution in [0.25, 0.3) is 5.70 Å². The molecule has 0 saturated carbocycles. The minimum Gasteiger partial charge on any atom is -0.353 e. The first-order chi connectivity index (χ1) is 10.4. The van der Waals surface area contributed by atoms with Crippen molar-refractivity contribution in [3.05, 3.63) is 70.1 Å². The zero-order chi connectivity index (χ0) is 16.2. The molecule has 0 saturated heterocycles. The van der Waals surface area contributed by atoms with E-state index in [0.717, 1.165) is 6.26 Å². The van der Waals surface area contributed by atoms with Gasteiger partial charge in [-0.05, 0) is 24.3 Å². The molecule has 112 valence electrons. The Morgan fingerprint density at radius 2 is 1.68 bits per heavy atom. The Morgan fingerprint density at radius 1 is 1.09 bits per heavy atom. The van der Waals surface area contributed by atoms with Gasteiger partial charge in [-0.25, -0.2) is 8.42 Å². The third kappa shape index (κ3) is 3.88. The second-order valence-electron chi connectivity index (χ2n) is 4.59. The molecular weight excluding hydrogens is 320 g/mol. The van der Waals surface area contributed by atoms with Crippen LogP contribution in [-0.2, 0) is 9.84 Å². The Morgan fingerprint density at radius 3 is 2.18 bits per heavy atom. The first kappa shape index (κ1) is 16.1. The van der Waals surface area contributed by atoms with E-state index in [1.165, 1.54) is 0 Å². The number of benzene rings is 2. The molecule has 0 unspecified atom stereocenters. The van der Waals surface area contributed by atoms with E-state index < -0.39 is 9.84 Å². The van der Waals surface area contributed by atoms with E-state index in [0.29, 0.717) is 16.3 Å². The number of nitriles is 1. The molecule has 2 aromatic carbocycles. The van der Waals surface area contributed by atoms with Gasteiger partial charge in [-0.15, -0.1) is 0 Å². The molecule has 0 amide bonds. The number of rotatable bonds is 4. The van der Waals surface area contributed by atoms with E-state index in [4.69, 9.17) is 11.6 Å². The number of anilines is 1. The van der Waals surface area contributed by atoms with Gasteiger partial charge in [-0.2, -0.15) is 5.26 Å². The highest BCUT2D eigenvalue weighted by atomic mass is 35.5. The molecule has 0 heterocycles.